The summed E-state index contributed by atoms with van der Waals surface area (Å²) in [4.78, 5) is 15.0. The molecule has 1 fully saturated rings. The monoisotopic (exact) mass is 381 g/mol. The highest BCUT2D eigenvalue weighted by Gasteiger charge is 2.55. The lowest BCUT2D eigenvalue weighted by Gasteiger charge is -2.22. The van der Waals surface area contributed by atoms with E-state index >= 15 is 0 Å². The molecule has 4 rings (SSSR count). The van der Waals surface area contributed by atoms with Crippen LogP contribution < -0.4 is 9.64 Å². The van der Waals surface area contributed by atoms with Crippen LogP contribution >= 0.6 is 0 Å². The number of nitrogens with zero attached hydrogens (tertiary/aromatic N) is 1. The van der Waals surface area contributed by atoms with Crippen LogP contribution in [0.4, 0.5) is 5.69 Å². The van der Waals surface area contributed by atoms with Gasteiger partial charge in [-0.1, -0.05) is 37.6 Å². The summed E-state index contributed by atoms with van der Waals surface area (Å²) in [6, 6.07) is 13.9. The minimum atomic E-state index is -1.28. The van der Waals surface area contributed by atoms with Crippen molar-refractivity contribution in [1.29, 1.82) is 0 Å². The second-order valence-electron chi connectivity index (χ2n) is 7.90. The molecule has 0 atom stereocenters. The van der Waals surface area contributed by atoms with E-state index in [1.54, 1.807) is 4.90 Å². The largest absolute Gasteiger partial charge is 0.494 e. The number of hydrogen-bond acceptors (Lipinski definition) is 4. The van der Waals surface area contributed by atoms with Crippen LogP contribution in [0.5, 0.6) is 5.75 Å². The van der Waals surface area contributed by atoms with Crippen LogP contribution in [0.25, 0.3) is 0 Å². The molecule has 5 nitrogen and oxygen atoms in total. The molecule has 0 N–H and O–H groups in total. The Morgan fingerprint density at radius 2 is 1.82 bits per heavy atom. The molecule has 2 aliphatic rings. The average Bonchev–Trinajstić information content (AvgIpc) is 3.24. The van der Waals surface area contributed by atoms with Crippen molar-refractivity contribution in [2.45, 2.75) is 39.5 Å². The number of fused-ring (bicyclic) bond motifs is 2. The third-order valence-electron chi connectivity index (χ3n) is 5.25. The first kappa shape index (κ1) is 19.0. The molecule has 0 saturated carbocycles. The molecule has 2 aromatic rings. The molecule has 148 valence electrons. The van der Waals surface area contributed by atoms with Gasteiger partial charge in [-0.25, -0.2) is 0 Å². The molecule has 1 spiro atoms. The quantitative estimate of drug-likeness (QED) is 0.754. The molecule has 0 unspecified atom stereocenters. The van der Waals surface area contributed by atoms with Crippen molar-refractivity contribution in [3.8, 4) is 5.75 Å². The van der Waals surface area contributed by atoms with Crippen molar-refractivity contribution in [3.05, 3.63) is 59.2 Å². The molecule has 0 bridgehead atoms. The van der Waals surface area contributed by atoms with Crippen LogP contribution in [0.1, 0.15) is 37.0 Å². The van der Waals surface area contributed by atoms with Gasteiger partial charge in [-0.3, -0.25) is 4.79 Å². The number of anilines is 1. The number of aryl methyl sites for hydroxylation is 1. The Balaban J connectivity index is 1.53. The van der Waals surface area contributed by atoms with Gasteiger partial charge in [-0.15, -0.1) is 0 Å². The van der Waals surface area contributed by atoms with Crippen LogP contribution in [0.2, 0.25) is 0 Å². The summed E-state index contributed by atoms with van der Waals surface area (Å²) >= 11 is 0. The Hall–Kier alpha value is -2.37. The number of ether oxygens (including phenoxy) is 3. The zero-order valence-electron chi connectivity index (χ0n) is 16.7. The highest BCUT2D eigenvalue weighted by molar-refractivity contribution is 6.06. The Morgan fingerprint density at radius 3 is 2.50 bits per heavy atom. The lowest BCUT2D eigenvalue weighted by Crippen LogP contribution is -2.40. The smallest absolute Gasteiger partial charge is 0.292 e. The van der Waals surface area contributed by atoms with Gasteiger partial charge in [-0.2, -0.15) is 0 Å². The van der Waals surface area contributed by atoms with E-state index in [2.05, 4.69) is 13.8 Å². The Kier molecular flexibility index (Phi) is 5.13. The number of rotatable bonds is 6. The summed E-state index contributed by atoms with van der Waals surface area (Å²) in [7, 11) is 0. The average molecular weight is 381 g/mol. The maximum Gasteiger partial charge on any atom is 0.292 e. The number of benzene rings is 2. The van der Waals surface area contributed by atoms with Crippen LogP contribution in [-0.2, 0) is 26.6 Å². The Labute approximate surface area is 166 Å². The maximum atomic E-state index is 13.2. The summed E-state index contributed by atoms with van der Waals surface area (Å²) in [5, 5.41) is 0. The molecule has 2 aliphatic heterocycles. The molecule has 0 aliphatic carbocycles. The molecule has 0 aromatic heterocycles. The van der Waals surface area contributed by atoms with Gasteiger partial charge >= 0.3 is 0 Å². The Morgan fingerprint density at radius 1 is 1.11 bits per heavy atom. The first-order valence-corrected chi connectivity index (χ1v) is 9.92. The zero-order chi connectivity index (χ0) is 19.7. The fourth-order valence-electron chi connectivity index (χ4n) is 3.69. The molecule has 2 heterocycles. The topological polar surface area (TPSA) is 48.0 Å². The van der Waals surface area contributed by atoms with Gasteiger partial charge in [0.1, 0.15) is 5.75 Å². The number of carbonyl (C=O) groups is 1. The van der Waals surface area contributed by atoms with Crippen LogP contribution in [0.3, 0.4) is 0 Å². The van der Waals surface area contributed by atoms with Crippen molar-refractivity contribution in [3.63, 3.8) is 0 Å². The summed E-state index contributed by atoms with van der Waals surface area (Å²) in [6.45, 7) is 8.41. The van der Waals surface area contributed by atoms with E-state index in [9.17, 15) is 4.79 Å². The standard InChI is InChI=1S/C23H27NO4/c1-16(2)10-11-26-19-7-5-18(6-8-19)15-24-21-9-4-17(3)14-20(21)23(22(24)25)27-12-13-28-23/h4-9,14,16H,10-13,15H2,1-3H3. The number of hydrogen-bond donors (Lipinski definition) is 0. The van der Waals surface area contributed by atoms with Crippen LogP contribution in [0.15, 0.2) is 42.5 Å². The molecule has 5 heteroatoms. The van der Waals surface area contributed by atoms with Crippen molar-refractivity contribution < 1.29 is 19.0 Å². The summed E-state index contributed by atoms with van der Waals surface area (Å²) in [6.07, 6.45) is 1.03. The van der Waals surface area contributed by atoms with Gasteiger partial charge in [0.15, 0.2) is 0 Å². The predicted molar refractivity (Wildman–Crippen MR) is 107 cm³/mol. The molecule has 2 aromatic carbocycles. The number of amides is 1. The normalized spacial score (nSPS) is 17.6. The SMILES string of the molecule is Cc1ccc2c(c1)C1(OCCO1)C(=O)N2Cc1ccc(OCCC(C)C)cc1. The minimum Gasteiger partial charge on any atom is -0.494 e. The van der Waals surface area contributed by atoms with E-state index in [0.717, 1.165) is 34.5 Å². The van der Waals surface area contributed by atoms with Crippen molar-refractivity contribution in [2.75, 3.05) is 24.7 Å². The summed E-state index contributed by atoms with van der Waals surface area (Å²) < 4.78 is 17.4. The van der Waals surface area contributed by atoms with E-state index < -0.39 is 5.79 Å². The first-order chi connectivity index (χ1) is 13.5. The molecular formula is C23H27NO4. The van der Waals surface area contributed by atoms with E-state index in [0.29, 0.717) is 32.3 Å². The van der Waals surface area contributed by atoms with E-state index in [1.807, 2.05) is 49.4 Å². The number of carbonyl (C=O) groups excluding carboxylic acids is 1. The lowest BCUT2D eigenvalue weighted by molar-refractivity contribution is -0.180. The van der Waals surface area contributed by atoms with E-state index in [4.69, 9.17) is 14.2 Å². The highest BCUT2D eigenvalue weighted by Crippen LogP contribution is 2.46. The van der Waals surface area contributed by atoms with Gasteiger partial charge in [0.05, 0.1) is 32.1 Å². The van der Waals surface area contributed by atoms with Gasteiger partial charge < -0.3 is 19.1 Å². The molecule has 28 heavy (non-hydrogen) atoms. The third kappa shape index (κ3) is 3.40. The predicted octanol–water partition coefficient (Wildman–Crippen LogP) is 4.17. The highest BCUT2D eigenvalue weighted by atomic mass is 16.7. The lowest BCUT2D eigenvalue weighted by atomic mass is 10.0. The van der Waals surface area contributed by atoms with Crippen LogP contribution in [-0.4, -0.2) is 25.7 Å². The minimum absolute atomic E-state index is 0.150. The molecular weight excluding hydrogens is 354 g/mol. The second kappa shape index (κ2) is 7.57. The molecule has 1 amide bonds. The van der Waals surface area contributed by atoms with Crippen molar-refractivity contribution in [1.82, 2.24) is 0 Å². The fourth-order valence-corrected chi connectivity index (χ4v) is 3.69. The molecule has 1 saturated heterocycles. The summed E-state index contributed by atoms with van der Waals surface area (Å²) in [5.74, 6) is 0.0489. The van der Waals surface area contributed by atoms with E-state index in [-0.39, 0.29) is 5.91 Å². The molecule has 0 radical (unpaired) electrons. The third-order valence-corrected chi connectivity index (χ3v) is 5.25. The first-order valence-electron chi connectivity index (χ1n) is 9.92. The van der Waals surface area contributed by atoms with Gasteiger partial charge in [0.2, 0.25) is 0 Å². The zero-order valence-corrected chi connectivity index (χ0v) is 16.7. The summed E-state index contributed by atoms with van der Waals surface area (Å²) in [5.41, 5.74) is 3.78. The van der Waals surface area contributed by atoms with Gasteiger partial charge in [-0.05, 0) is 49.1 Å². The van der Waals surface area contributed by atoms with Gasteiger partial charge in [0.25, 0.3) is 11.7 Å². The van der Waals surface area contributed by atoms with Gasteiger partial charge in [0, 0.05) is 5.56 Å². The van der Waals surface area contributed by atoms with E-state index in [1.165, 1.54) is 0 Å². The maximum absolute atomic E-state index is 13.2. The second-order valence-corrected chi connectivity index (χ2v) is 7.90. The van der Waals surface area contributed by atoms with Crippen molar-refractivity contribution in [2.24, 2.45) is 5.92 Å². The fraction of sp³-hybridized carbons (Fsp3) is 0.435. The Bertz CT molecular complexity index is 853. The van der Waals surface area contributed by atoms with Crippen LogP contribution in [0, 0.1) is 12.8 Å². The van der Waals surface area contributed by atoms with Crippen molar-refractivity contribution >= 4 is 11.6 Å².